The van der Waals surface area contributed by atoms with Crippen LogP contribution in [0.3, 0.4) is 0 Å². The Morgan fingerprint density at radius 1 is 0.500 bits per heavy atom. The maximum atomic E-state index is 11.8. The Morgan fingerprint density at radius 2 is 0.828 bits per heavy atom. The van der Waals surface area contributed by atoms with Gasteiger partial charge in [0.05, 0.1) is 9.79 Å². The summed E-state index contributed by atoms with van der Waals surface area (Å²) in [5.74, 6) is -1.06. The van der Waals surface area contributed by atoms with Crippen molar-refractivity contribution in [2.45, 2.75) is 172 Å². The van der Waals surface area contributed by atoms with E-state index in [2.05, 4.69) is 29.2 Å². The molecule has 3 N–H and O–H groups in total. The first kappa shape index (κ1) is 65.9. The van der Waals surface area contributed by atoms with Crippen molar-refractivity contribution in [3.8, 4) is 11.5 Å². The number of carboxylic acids is 1. The number of rotatable bonds is 30. The molecule has 0 fully saturated rings. The molecule has 16 nitrogen and oxygen atoms in total. The van der Waals surface area contributed by atoms with Gasteiger partial charge in [-0.3, -0.25) is 24.0 Å². The zero-order valence-corrected chi connectivity index (χ0v) is 44.3. The van der Waals surface area contributed by atoms with Crippen LogP contribution in [0.4, 0.5) is 0 Å². The molecule has 0 aliphatic heterocycles. The zero-order chi connectivity index (χ0) is 46.7. The molecule has 0 bridgehead atoms. The molecule has 2 rings (SSSR count). The number of hydrogen-bond donors (Lipinski definition) is 3. The average molecular weight is 959 g/mol. The zero-order valence-electron chi connectivity index (χ0n) is 38.7. The van der Waals surface area contributed by atoms with Crippen LogP contribution in [0, 0.1) is 0 Å². The van der Waals surface area contributed by atoms with Gasteiger partial charge in [-0.1, -0.05) is 90.9 Å². The van der Waals surface area contributed by atoms with E-state index in [0.29, 0.717) is 38.8 Å². The normalized spacial score (nSPS) is 10.6. The molecule has 2 amide bonds. The van der Waals surface area contributed by atoms with E-state index in [1.807, 2.05) is 0 Å². The van der Waals surface area contributed by atoms with Crippen molar-refractivity contribution in [3.05, 3.63) is 48.5 Å². The van der Waals surface area contributed by atoms with Gasteiger partial charge in [-0.2, -0.15) is 0 Å². The van der Waals surface area contributed by atoms with Crippen molar-refractivity contribution >= 4 is 50.0 Å². The molecule has 0 unspecified atom stereocenters. The summed E-state index contributed by atoms with van der Waals surface area (Å²) >= 11 is 0. The molecule has 0 aliphatic rings. The molecule has 0 spiro atoms. The van der Waals surface area contributed by atoms with Gasteiger partial charge in [-0.15, -0.1) is 0 Å². The number of carbonyl (C=O) groups excluding carboxylic acids is 4. The van der Waals surface area contributed by atoms with Gasteiger partial charge in [-0.05, 0) is 87.1 Å². The summed E-state index contributed by atoms with van der Waals surface area (Å²) in [6.07, 6.45) is 20.5. The van der Waals surface area contributed by atoms with Crippen molar-refractivity contribution in [1.29, 1.82) is 0 Å². The van der Waals surface area contributed by atoms with Gasteiger partial charge in [-0.25, -0.2) is 16.8 Å². The Kier molecular flexibility index (Phi) is 42.1. The molecular formula is C44H68N2Na2O14S2. The van der Waals surface area contributed by atoms with Gasteiger partial charge in [0.15, 0.2) is 0 Å². The van der Waals surface area contributed by atoms with Gasteiger partial charge in [0.1, 0.15) is 31.7 Å². The standard InChI is InChI=1S/C21H33NO6S.C15H29NO3.C8H8O5S.2Na/c1-2-3-4-5-6-8-11-20(23)22-17-10-7-9-12-21(24)28-18-13-15-19(16-14-18)29(25,26)27;1-2-3-4-5-6-8-11-14(17)16-13-10-7-9-12-15(18)19;1-6(9)13-7-2-4-8(5-3-7)14(10,11)12;;/h13-16H,2-12,17H2,1H3,(H,22,23)(H,25,26,27);2-13H2,1H3,(H,16,17)(H,18,19);2-5H,1H3,(H,10,11,12);;/q;;;2*+1/p-2. The topological polar surface area (TPSA) is 262 Å². The molecule has 0 heterocycles. The van der Waals surface area contributed by atoms with Crippen LogP contribution >= 0.6 is 0 Å². The summed E-state index contributed by atoms with van der Waals surface area (Å²) in [5, 5.41) is 14.2. The number of unbranched alkanes of at least 4 members (excludes halogenated alkanes) is 14. The second-order valence-electron chi connectivity index (χ2n) is 14.7. The monoisotopic (exact) mass is 958 g/mol. The fraction of sp³-hybridized carbons (Fsp3) is 0.614. The first-order valence-electron chi connectivity index (χ1n) is 21.6. The summed E-state index contributed by atoms with van der Waals surface area (Å²) in [6.45, 7) is 6.88. The molecule has 0 atom stereocenters. The van der Waals surface area contributed by atoms with E-state index < -0.39 is 38.1 Å². The van der Waals surface area contributed by atoms with E-state index >= 15 is 0 Å². The van der Waals surface area contributed by atoms with E-state index in [1.54, 1.807) is 0 Å². The number of amides is 2. The van der Waals surface area contributed by atoms with E-state index in [9.17, 15) is 49.9 Å². The van der Waals surface area contributed by atoms with Crippen LogP contribution in [-0.4, -0.2) is 73.9 Å². The SMILES string of the molecule is CC(=O)Oc1ccc(S(=O)(=O)[O-])cc1.CCCCCCCCC(=O)NCCCCCC(=O)O.CCCCCCCCC(=O)NCCCCCC(=O)Oc1ccc(S(=O)(=O)[O-])cc1.[Na+].[Na+]. The number of benzene rings is 2. The third kappa shape index (κ3) is 39.9. The molecule has 352 valence electrons. The summed E-state index contributed by atoms with van der Waals surface area (Å²) in [7, 11) is -8.95. The summed E-state index contributed by atoms with van der Waals surface area (Å²) in [5.41, 5.74) is 0. The van der Waals surface area contributed by atoms with Crippen molar-refractivity contribution in [3.63, 3.8) is 0 Å². The minimum absolute atomic E-state index is 0. The fourth-order valence-corrected chi connectivity index (χ4v) is 6.55. The number of nitrogens with one attached hydrogen (secondary N) is 2. The predicted molar refractivity (Wildman–Crippen MR) is 232 cm³/mol. The van der Waals surface area contributed by atoms with Gasteiger partial charge < -0.3 is 34.3 Å². The van der Waals surface area contributed by atoms with Crippen LogP contribution in [0.25, 0.3) is 0 Å². The fourth-order valence-electron chi connectivity index (χ4n) is 5.61. The summed E-state index contributed by atoms with van der Waals surface area (Å²) < 4.78 is 73.8. The Hall–Kier alpha value is -2.39. The molecule has 0 aliphatic carbocycles. The second-order valence-corrected chi connectivity index (χ2v) is 17.4. The third-order valence-corrected chi connectivity index (χ3v) is 10.7. The van der Waals surface area contributed by atoms with Gasteiger partial charge in [0.2, 0.25) is 11.8 Å². The third-order valence-electron chi connectivity index (χ3n) is 9.00. The molecule has 0 saturated carbocycles. The minimum Gasteiger partial charge on any atom is -0.744 e. The van der Waals surface area contributed by atoms with Crippen molar-refractivity contribution in [2.75, 3.05) is 13.1 Å². The van der Waals surface area contributed by atoms with Crippen LogP contribution in [0.5, 0.6) is 11.5 Å². The molecule has 20 heteroatoms. The smallest absolute Gasteiger partial charge is 0.744 e. The summed E-state index contributed by atoms with van der Waals surface area (Å²) in [6, 6.07) is 9.43. The van der Waals surface area contributed by atoms with Crippen molar-refractivity contribution in [2.24, 2.45) is 0 Å². The number of carbonyl (C=O) groups is 5. The number of ether oxygens (including phenoxy) is 2. The number of carboxylic acid groups (broad SMARTS) is 1. The maximum absolute atomic E-state index is 11.8. The molecular weight excluding hydrogens is 891 g/mol. The Bertz CT molecular complexity index is 1800. The van der Waals surface area contributed by atoms with Crippen molar-refractivity contribution < 1.29 is 124 Å². The number of hydrogen-bond acceptors (Lipinski definition) is 13. The quantitative estimate of drug-likeness (QED) is 0.0333. The van der Waals surface area contributed by atoms with Gasteiger partial charge in [0, 0.05) is 45.7 Å². The molecule has 2 aromatic carbocycles. The number of aliphatic carboxylic acids is 1. The van der Waals surface area contributed by atoms with E-state index in [0.717, 1.165) is 75.6 Å². The van der Waals surface area contributed by atoms with E-state index in [1.165, 1.54) is 82.6 Å². The first-order valence-corrected chi connectivity index (χ1v) is 24.5. The first-order chi connectivity index (χ1) is 29.4. The molecule has 0 saturated heterocycles. The number of esters is 2. The van der Waals surface area contributed by atoms with Crippen LogP contribution in [0.2, 0.25) is 0 Å². The Morgan fingerprint density at radius 3 is 1.19 bits per heavy atom. The van der Waals surface area contributed by atoms with Crippen LogP contribution in [0.15, 0.2) is 58.3 Å². The molecule has 2 aromatic rings. The Labute approximate surface area is 425 Å². The molecule has 64 heavy (non-hydrogen) atoms. The van der Waals surface area contributed by atoms with E-state index in [-0.39, 0.29) is 105 Å². The van der Waals surface area contributed by atoms with Crippen LogP contribution in [-0.2, 0) is 44.2 Å². The predicted octanol–water partition coefficient (Wildman–Crippen LogP) is 1.95. The van der Waals surface area contributed by atoms with Gasteiger partial charge >= 0.3 is 77.0 Å². The maximum Gasteiger partial charge on any atom is 1.00 e. The van der Waals surface area contributed by atoms with Crippen LogP contribution < -0.4 is 79.2 Å². The Balaban J connectivity index is -0.000000920. The van der Waals surface area contributed by atoms with Gasteiger partial charge in [0.25, 0.3) is 0 Å². The summed E-state index contributed by atoms with van der Waals surface area (Å²) in [4.78, 5) is 55.0. The molecule has 0 radical (unpaired) electrons. The van der Waals surface area contributed by atoms with E-state index in [4.69, 9.17) is 9.84 Å². The minimum atomic E-state index is -4.51. The average Bonchev–Trinajstić information content (AvgIpc) is 3.20. The van der Waals surface area contributed by atoms with Crippen molar-refractivity contribution in [1.82, 2.24) is 10.6 Å². The largest absolute Gasteiger partial charge is 1.00 e. The van der Waals surface area contributed by atoms with Crippen LogP contribution in [0.1, 0.15) is 162 Å². The second kappa shape index (κ2) is 40.8. The molecule has 0 aromatic heterocycles.